The van der Waals surface area contributed by atoms with Gasteiger partial charge in [0.25, 0.3) is 0 Å². The average molecular weight is 302 g/mol. The third-order valence-electron chi connectivity index (χ3n) is 4.70. The van der Waals surface area contributed by atoms with Gasteiger partial charge in [-0.25, -0.2) is 8.42 Å². The van der Waals surface area contributed by atoms with Crippen LogP contribution < -0.4 is 0 Å². The number of nitrogens with zero attached hydrogens (tertiary/aromatic N) is 2. The Morgan fingerprint density at radius 2 is 2.00 bits per heavy atom. The summed E-state index contributed by atoms with van der Waals surface area (Å²) in [5, 5.41) is 0. The van der Waals surface area contributed by atoms with Crippen LogP contribution in [-0.2, 0) is 19.6 Å². The molecule has 4 atom stereocenters. The van der Waals surface area contributed by atoms with Crippen LogP contribution in [0.15, 0.2) is 0 Å². The van der Waals surface area contributed by atoms with Crippen LogP contribution in [0.5, 0.6) is 0 Å². The van der Waals surface area contributed by atoms with Crippen molar-refractivity contribution in [2.45, 2.75) is 31.9 Å². The zero-order valence-corrected chi connectivity index (χ0v) is 12.8. The Labute approximate surface area is 120 Å². The second-order valence-electron chi connectivity index (χ2n) is 6.24. The molecule has 0 N–H and O–H groups in total. The van der Waals surface area contributed by atoms with Crippen molar-refractivity contribution in [3.63, 3.8) is 0 Å². The molecule has 0 spiro atoms. The molecule has 1 amide bonds. The molecule has 3 aliphatic rings. The maximum atomic E-state index is 12.3. The number of rotatable bonds is 2. The summed E-state index contributed by atoms with van der Waals surface area (Å²) in [6.07, 6.45) is 2.86. The van der Waals surface area contributed by atoms with Gasteiger partial charge in [-0.05, 0) is 18.8 Å². The van der Waals surface area contributed by atoms with Gasteiger partial charge in [0.15, 0.2) is 0 Å². The highest BCUT2D eigenvalue weighted by molar-refractivity contribution is 7.88. The van der Waals surface area contributed by atoms with Gasteiger partial charge in [-0.2, -0.15) is 4.31 Å². The molecule has 114 valence electrons. The van der Waals surface area contributed by atoms with Crippen molar-refractivity contribution < 1.29 is 17.9 Å². The Balaban J connectivity index is 1.73. The lowest BCUT2D eigenvalue weighted by Gasteiger charge is -2.45. The van der Waals surface area contributed by atoms with E-state index in [-0.39, 0.29) is 24.0 Å². The standard InChI is InChI=1S/C13H22N2O4S/c1-9-7-10(9)13(16)14-4-3-12-11(8-14)15(5-6-19-12)20(2,17)18/h9-12H,3-8H2,1-2H3/t9-,10-,11-,12-/m0/s1. The minimum Gasteiger partial charge on any atom is -0.375 e. The third kappa shape index (κ3) is 2.58. The number of morpholine rings is 1. The van der Waals surface area contributed by atoms with Crippen molar-refractivity contribution >= 4 is 15.9 Å². The van der Waals surface area contributed by atoms with E-state index in [1.54, 1.807) is 0 Å². The van der Waals surface area contributed by atoms with Crippen LogP contribution in [0.2, 0.25) is 0 Å². The molecule has 6 nitrogen and oxygen atoms in total. The Morgan fingerprint density at radius 3 is 2.60 bits per heavy atom. The first kappa shape index (κ1) is 14.3. The highest BCUT2D eigenvalue weighted by Crippen LogP contribution is 2.40. The minimum absolute atomic E-state index is 0.0702. The molecule has 0 aromatic rings. The lowest BCUT2D eigenvalue weighted by atomic mass is 10.00. The highest BCUT2D eigenvalue weighted by atomic mass is 32.2. The first-order chi connectivity index (χ1) is 9.38. The summed E-state index contributed by atoms with van der Waals surface area (Å²) in [5.74, 6) is 0.826. The quantitative estimate of drug-likeness (QED) is 0.715. The summed E-state index contributed by atoms with van der Waals surface area (Å²) >= 11 is 0. The van der Waals surface area contributed by atoms with E-state index in [0.29, 0.717) is 32.2 Å². The van der Waals surface area contributed by atoms with Crippen LogP contribution in [0.25, 0.3) is 0 Å². The molecule has 1 aliphatic carbocycles. The molecule has 20 heavy (non-hydrogen) atoms. The molecule has 3 fully saturated rings. The smallest absolute Gasteiger partial charge is 0.226 e. The van der Waals surface area contributed by atoms with Gasteiger partial charge in [0, 0.05) is 25.6 Å². The summed E-state index contributed by atoms with van der Waals surface area (Å²) in [4.78, 5) is 14.2. The van der Waals surface area contributed by atoms with Gasteiger partial charge in [0.05, 0.1) is 25.0 Å². The molecule has 2 saturated heterocycles. The second-order valence-corrected chi connectivity index (χ2v) is 8.18. The number of ether oxygens (including phenoxy) is 1. The molecule has 1 saturated carbocycles. The van der Waals surface area contributed by atoms with Crippen LogP contribution in [-0.4, -0.2) is 68.2 Å². The van der Waals surface area contributed by atoms with Gasteiger partial charge in [-0.15, -0.1) is 0 Å². The Morgan fingerprint density at radius 1 is 1.30 bits per heavy atom. The number of carbonyl (C=O) groups is 1. The van der Waals surface area contributed by atoms with Crippen LogP contribution in [0, 0.1) is 11.8 Å². The number of hydrogen-bond donors (Lipinski definition) is 0. The number of amides is 1. The number of hydrogen-bond acceptors (Lipinski definition) is 4. The van der Waals surface area contributed by atoms with Gasteiger partial charge in [0.2, 0.25) is 15.9 Å². The lowest BCUT2D eigenvalue weighted by molar-refractivity contribution is -0.140. The fourth-order valence-electron chi connectivity index (χ4n) is 3.35. The normalized spacial score (nSPS) is 38.4. The SMILES string of the molecule is C[C@H]1C[C@@H]1C(=O)N1CC[C@@H]2OCCN(S(C)(=O)=O)[C@H]2C1. The lowest BCUT2D eigenvalue weighted by Crippen LogP contribution is -2.62. The molecule has 0 aromatic carbocycles. The van der Waals surface area contributed by atoms with Crippen molar-refractivity contribution in [2.75, 3.05) is 32.5 Å². The summed E-state index contributed by atoms with van der Waals surface area (Å²) in [6, 6.07) is -0.217. The van der Waals surface area contributed by atoms with Crippen LogP contribution in [0.3, 0.4) is 0 Å². The Bertz CT molecular complexity index is 507. The molecule has 0 aromatic heterocycles. The number of sulfonamides is 1. The van der Waals surface area contributed by atoms with Crippen LogP contribution in [0.1, 0.15) is 19.8 Å². The van der Waals surface area contributed by atoms with Gasteiger partial charge >= 0.3 is 0 Å². The zero-order valence-electron chi connectivity index (χ0n) is 12.0. The predicted octanol–water partition coefficient (Wildman–Crippen LogP) is -0.0963. The molecule has 3 rings (SSSR count). The van der Waals surface area contributed by atoms with E-state index < -0.39 is 10.0 Å². The largest absolute Gasteiger partial charge is 0.375 e. The number of carbonyl (C=O) groups excluding carboxylic acids is 1. The molecule has 2 aliphatic heterocycles. The summed E-state index contributed by atoms with van der Waals surface area (Å²) in [7, 11) is -3.25. The van der Waals surface area contributed by atoms with E-state index in [9.17, 15) is 13.2 Å². The van der Waals surface area contributed by atoms with E-state index in [0.717, 1.165) is 12.8 Å². The van der Waals surface area contributed by atoms with E-state index >= 15 is 0 Å². The van der Waals surface area contributed by atoms with E-state index in [2.05, 4.69) is 6.92 Å². The fourth-order valence-corrected chi connectivity index (χ4v) is 4.45. The molecular weight excluding hydrogens is 280 g/mol. The van der Waals surface area contributed by atoms with Gasteiger partial charge < -0.3 is 9.64 Å². The Hall–Kier alpha value is -0.660. The van der Waals surface area contributed by atoms with Crippen molar-refractivity contribution in [1.29, 1.82) is 0 Å². The minimum atomic E-state index is -3.25. The topological polar surface area (TPSA) is 66.9 Å². The Kier molecular flexibility index (Phi) is 3.54. The molecule has 7 heteroatoms. The van der Waals surface area contributed by atoms with Crippen molar-refractivity contribution in [3.05, 3.63) is 0 Å². The first-order valence-corrected chi connectivity index (χ1v) is 9.10. The molecule has 2 heterocycles. The molecule has 0 radical (unpaired) electrons. The number of likely N-dealkylation sites (tertiary alicyclic amines) is 1. The average Bonchev–Trinajstić information content (AvgIpc) is 3.12. The van der Waals surface area contributed by atoms with Gasteiger partial charge in [-0.1, -0.05) is 6.92 Å². The van der Waals surface area contributed by atoms with Gasteiger partial charge in [-0.3, -0.25) is 4.79 Å². The summed E-state index contributed by atoms with van der Waals surface area (Å²) < 4.78 is 31.0. The number of fused-ring (bicyclic) bond motifs is 1. The monoisotopic (exact) mass is 302 g/mol. The predicted molar refractivity (Wildman–Crippen MR) is 73.5 cm³/mol. The van der Waals surface area contributed by atoms with E-state index in [1.165, 1.54) is 10.6 Å². The first-order valence-electron chi connectivity index (χ1n) is 7.25. The van der Waals surface area contributed by atoms with E-state index in [1.807, 2.05) is 4.90 Å². The van der Waals surface area contributed by atoms with Crippen molar-refractivity contribution in [1.82, 2.24) is 9.21 Å². The number of piperidine rings is 1. The summed E-state index contributed by atoms with van der Waals surface area (Å²) in [6.45, 7) is 4.08. The second kappa shape index (κ2) is 4.96. The molecule has 0 bridgehead atoms. The molecular formula is C13H22N2O4S. The van der Waals surface area contributed by atoms with Crippen LogP contribution in [0.4, 0.5) is 0 Å². The zero-order chi connectivity index (χ0) is 14.5. The van der Waals surface area contributed by atoms with Crippen LogP contribution >= 0.6 is 0 Å². The summed E-state index contributed by atoms with van der Waals surface area (Å²) in [5.41, 5.74) is 0. The van der Waals surface area contributed by atoms with Gasteiger partial charge in [0.1, 0.15) is 0 Å². The third-order valence-corrected chi connectivity index (χ3v) is 6.00. The van der Waals surface area contributed by atoms with Crippen molar-refractivity contribution in [3.8, 4) is 0 Å². The highest BCUT2D eigenvalue weighted by Gasteiger charge is 2.46. The fraction of sp³-hybridized carbons (Fsp3) is 0.923. The maximum Gasteiger partial charge on any atom is 0.226 e. The van der Waals surface area contributed by atoms with Crippen molar-refractivity contribution in [2.24, 2.45) is 11.8 Å². The van der Waals surface area contributed by atoms with E-state index in [4.69, 9.17) is 4.74 Å². The maximum absolute atomic E-state index is 12.3. The molecule has 0 unspecified atom stereocenters.